The lowest BCUT2D eigenvalue weighted by Crippen LogP contribution is -2.35. The first-order chi connectivity index (χ1) is 14.4. The number of benzene rings is 1. The van der Waals surface area contributed by atoms with Gasteiger partial charge in [-0.2, -0.15) is 10.1 Å². The predicted molar refractivity (Wildman–Crippen MR) is 114 cm³/mol. The molecule has 0 bridgehead atoms. The van der Waals surface area contributed by atoms with Crippen molar-refractivity contribution in [2.75, 3.05) is 31.1 Å². The number of amides is 1. The highest BCUT2D eigenvalue weighted by Crippen LogP contribution is 2.23. The molecule has 1 fully saturated rings. The van der Waals surface area contributed by atoms with Crippen molar-refractivity contribution in [3.8, 4) is 0 Å². The Bertz CT molecular complexity index is 1050. The Balaban J connectivity index is 1.37. The van der Waals surface area contributed by atoms with E-state index in [4.69, 9.17) is 4.42 Å². The number of carbonyl (C=O) groups is 2. The fraction of sp³-hybridized carbons (Fsp3) is 0.455. The molecule has 1 saturated heterocycles. The molecule has 4 rings (SSSR count). The lowest BCUT2D eigenvalue weighted by atomic mass is 10.1. The van der Waals surface area contributed by atoms with Crippen LogP contribution in [-0.2, 0) is 11.3 Å². The largest absolute Gasteiger partial charge is 0.423 e. The molecular formula is C22H27N5O3. The summed E-state index contributed by atoms with van der Waals surface area (Å²) in [7, 11) is 0. The van der Waals surface area contributed by atoms with Crippen LogP contribution in [0.3, 0.4) is 0 Å². The molecule has 3 heterocycles. The molecule has 158 valence electrons. The third-order valence-corrected chi connectivity index (χ3v) is 5.67. The molecule has 1 amide bonds. The molecule has 0 atom stereocenters. The van der Waals surface area contributed by atoms with Gasteiger partial charge in [0.15, 0.2) is 11.4 Å². The Hall–Kier alpha value is -3.16. The Morgan fingerprint density at radius 1 is 1.10 bits per heavy atom. The van der Waals surface area contributed by atoms with Crippen LogP contribution < -0.4 is 4.90 Å². The molecule has 2 aromatic heterocycles. The second-order valence-electron chi connectivity index (χ2n) is 7.76. The summed E-state index contributed by atoms with van der Waals surface area (Å²) in [5.41, 5.74) is 3.83. The molecule has 1 aromatic carbocycles. The van der Waals surface area contributed by atoms with Crippen molar-refractivity contribution in [2.45, 2.75) is 40.2 Å². The van der Waals surface area contributed by atoms with E-state index in [2.05, 4.69) is 15.0 Å². The van der Waals surface area contributed by atoms with Crippen molar-refractivity contribution < 1.29 is 14.0 Å². The molecule has 3 aromatic rings. The van der Waals surface area contributed by atoms with Crippen molar-refractivity contribution in [1.82, 2.24) is 19.7 Å². The van der Waals surface area contributed by atoms with E-state index in [1.165, 1.54) is 0 Å². The molecule has 0 saturated carbocycles. The van der Waals surface area contributed by atoms with Gasteiger partial charge in [-0.3, -0.25) is 14.3 Å². The van der Waals surface area contributed by atoms with Crippen LogP contribution in [0.25, 0.3) is 11.1 Å². The number of fused-ring (bicyclic) bond motifs is 1. The van der Waals surface area contributed by atoms with Crippen LogP contribution in [0.1, 0.15) is 41.5 Å². The van der Waals surface area contributed by atoms with Gasteiger partial charge in [-0.05, 0) is 39.3 Å². The lowest BCUT2D eigenvalue weighted by Gasteiger charge is -2.21. The number of aromatic nitrogens is 3. The zero-order valence-corrected chi connectivity index (χ0v) is 17.7. The van der Waals surface area contributed by atoms with E-state index in [-0.39, 0.29) is 11.7 Å². The van der Waals surface area contributed by atoms with Crippen LogP contribution in [0.5, 0.6) is 0 Å². The highest BCUT2D eigenvalue weighted by atomic mass is 16.4. The van der Waals surface area contributed by atoms with Gasteiger partial charge in [0.05, 0.1) is 11.3 Å². The maximum absolute atomic E-state index is 12.8. The first-order valence-electron chi connectivity index (χ1n) is 10.4. The summed E-state index contributed by atoms with van der Waals surface area (Å²) in [6.07, 6.45) is 1.22. The summed E-state index contributed by atoms with van der Waals surface area (Å²) in [6.45, 7) is 8.57. The van der Waals surface area contributed by atoms with E-state index in [9.17, 15) is 9.59 Å². The first-order valence-corrected chi connectivity index (χ1v) is 10.4. The average Bonchev–Trinajstić information content (AvgIpc) is 3.16. The normalized spacial score (nSPS) is 14.9. The highest BCUT2D eigenvalue weighted by molar-refractivity contribution is 5.96. The number of para-hydroxylation sites is 2. The van der Waals surface area contributed by atoms with Gasteiger partial charge in [0.25, 0.3) is 6.01 Å². The summed E-state index contributed by atoms with van der Waals surface area (Å²) < 4.78 is 7.65. The molecule has 0 aliphatic carbocycles. The Labute approximate surface area is 175 Å². The van der Waals surface area contributed by atoms with E-state index in [1.807, 2.05) is 43.0 Å². The van der Waals surface area contributed by atoms with Crippen molar-refractivity contribution in [2.24, 2.45) is 0 Å². The summed E-state index contributed by atoms with van der Waals surface area (Å²) in [6, 6.07) is 8.34. The lowest BCUT2D eigenvalue weighted by molar-refractivity contribution is -0.131. The van der Waals surface area contributed by atoms with Crippen molar-refractivity contribution in [3.05, 3.63) is 41.2 Å². The number of anilines is 1. The number of hydrogen-bond donors (Lipinski definition) is 0. The van der Waals surface area contributed by atoms with Crippen molar-refractivity contribution in [3.63, 3.8) is 0 Å². The number of carbonyl (C=O) groups excluding carboxylic acids is 2. The van der Waals surface area contributed by atoms with E-state index in [0.717, 1.165) is 35.5 Å². The smallest absolute Gasteiger partial charge is 0.298 e. The summed E-state index contributed by atoms with van der Waals surface area (Å²) in [4.78, 5) is 33.2. The Kier molecular flexibility index (Phi) is 5.57. The summed E-state index contributed by atoms with van der Waals surface area (Å²) >= 11 is 0. The van der Waals surface area contributed by atoms with Gasteiger partial charge in [0.2, 0.25) is 5.91 Å². The number of oxazole rings is 1. The molecule has 1 aliphatic rings. The Morgan fingerprint density at radius 3 is 2.63 bits per heavy atom. The average molecular weight is 409 g/mol. The minimum absolute atomic E-state index is 0.00869. The predicted octanol–water partition coefficient (Wildman–Crippen LogP) is 2.97. The quantitative estimate of drug-likeness (QED) is 0.603. The maximum Gasteiger partial charge on any atom is 0.298 e. The molecule has 30 heavy (non-hydrogen) atoms. The third-order valence-electron chi connectivity index (χ3n) is 5.67. The minimum Gasteiger partial charge on any atom is -0.423 e. The zero-order chi connectivity index (χ0) is 21.3. The number of rotatable bonds is 5. The van der Waals surface area contributed by atoms with E-state index >= 15 is 0 Å². The van der Waals surface area contributed by atoms with Gasteiger partial charge >= 0.3 is 0 Å². The summed E-state index contributed by atoms with van der Waals surface area (Å²) in [5, 5.41) is 4.44. The molecule has 8 nitrogen and oxygen atoms in total. The van der Waals surface area contributed by atoms with E-state index in [1.54, 1.807) is 11.6 Å². The number of Topliss-reactive ketones (excluding diaryl/α,β-unsaturated/α-hetero) is 1. The van der Waals surface area contributed by atoms with Crippen LogP contribution in [0, 0.1) is 13.8 Å². The van der Waals surface area contributed by atoms with Gasteiger partial charge in [-0.25, -0.2) is 0 Å². The number of ketones is 1. The van der Waals surface area contributed by atoms with Gasteiger partial charge in [-0.1, -0.05) is 12.1 Å². The maximum atomic E-state index is 12.8. The fourth-order valence-corrected chi connectivity index (χ4v) is 4.14. The number of aryl methyl sites for hydroxylation is 2. The molecular weight excluding hydrogens is 382 g/mol. The number of nitrogens with zero attached hydrogens (tertiary/aromatic N) is 5. The zero-order valence-electron chi connectivity index (χ0n) is 17.7. The number of hydrogen-bond acceptors (Lipinski definition) is 6. The fourth-order valence-electron chi connectivity index (χ4n) is 4.14. The van der Waals surface area contributed by atoms with Gasteiger partial charge in [-0.15, -0.1) is 0 Å². The van der Waals surface area contributed by atoms with Crippen molar-refractivity contribution >= 4 is 28.8 Å². The molecule has 0 spiro atoms. The second kappa shape index (κ2) is 8.30. The highest BCUT2D eigenvalue weighted by Gasteiger charge is 2.23. The summed E-state index contributed by atoms with van der Waals surface area (Å²) in [5.74, 6) is 0.112. The van der Waals surface area contributed by atoms with Crippen LogP contribution in [0.4, 0.5) is 6.01 Å². The third kappa shape index (κ3) is 3.94. The van der Waals surface area contributed by atoms with Gasteiger partial charge in [0.1, 0.15) is 5.52 Å². The van der Waals surface area contributed by atoms with Crippen LogP contribution >= 0.6 is 0 Å². The first kappa shape index (κ1) is 20.1. The standard InChI is InChI=1S/C22H27N5O3/c1-15-21(17(3)28)16(2)27(24-15)12-9-20(29)25-10-6-11-26(14-13-25)22-23-18-7-4-5-8-19(18)30-22/h4-5,7-8H,6,9-14H2,1-3H3. The van der Waals surface area contributed by atoms with Crippen LogP contribution in [0.15, 0.2) is 28.7 Å². The topological polar surface area (TPSA) is 84.5 Å². The van der Waals surface area contributed by atoms with E-state index in [0.29, 0.717) is 44.2 Å². The molecule has 1 aliphatic heterocycles. The van der Waals surface area contributed by atoms with E-state index < -0.39 is 0 Å². The second-order valence-corrected chi connectivity index (χ2v) is 7.76. The van der Waals surface area contributed by atoms with Crippen LogP contribution in [0.2, 0.25) is 0 Å². The monoisotopic (exact) mass is 409 g/mol. The van der Waals surface area contributed by atoms with Crippen molar-refractivity contribution in [1.29, 1.82) is 0 Å². The van der Waals surface area contributed by atoms with Crippen LogP contribution in [-0.4, -0.2) is 57.5 Å². The SMILES string of the molecule is CC(=O)c1c(C)nn(CCC(=O)N2CCCN(c3nc4ccccc4o3)CC2)c1C. The Morgan fingerprint density at radius 2 is 1.90 bits per heavy atom. The molecule has 8 heteroatoms. The van der Waals surface area contributed by atoms with Gasteiger partial charge in [0, 0.05) is 44.8 Å². The molecule has 0 N–H and O–H groups in total. The molecule has 0 radical (unpaired) electrons. The minimum atomic E-state index is 0.00869. The molecule has 0 unspecified atom stereocenters. The van der Waals surface area contributed by atoms with Gasteiger partial charge < -0.3 is 14.2 Å².